The minimum Gasteiger partial charge on any atom is -0.391 e. The fourth-order valence-electron chi connectivity index (χ4n) is 1.72. The van der Waals surface area contributed by atoms with Crippen molar-refractivity contribution in [3.8, 4) is 0 Å². The van der Waals surface area contributed by atoms with E-state index in [1.54, 1.807) is 6.20 Å². The Morgan fingerprint density at radius 1 is 1.44 bits per heavy atom. The largest absolute Gasteiger partial charge is 0.391 e. The molecular formula is C13H20N4O. The Labute approximate surface area is 107 Å². The summed E-state index contributed by atoms with van der Waals surface area (Å²) in [6, 6.07) is 2.04. The third-order valence-corrected chi connectivity index (χ3v) is 2.98. The van der Waals surface area contributed by atoms with Crippen molar-refractivity contribution in [3.63, 3.8) is 0 Å². The van der Waals surface area contributed by atoms with Crippen LogP contribution in [0.15, 0.2) is 18.5 Å². The first-order valence-electron chi connectivity index (χ1n) is 6.38. The minimum absolute atomic E-state index is 0.348. The van der Waals surface area contributed by atoms with Crippen LogP contribution >= 0.6 is 0 Å². The molecule has 2 N–H and O–H groups in total. The van der Waals surface area contributed by atoms with Crippen molar-refractivity contribution in [2.75, 3.05) is 11.9 Å². The number of rotatable bonds is 5. The van der Waals surface area contributed by atoms with Gasteiger partial charge < -0.3 is 10.4 Å². The van der Waals surface area contributed by atoms with Gasteiger partial charge in [0.15, 0.2) is 5.82 Å². The van der Waals surface area contributed by atoms with E-state index in [1.807, 2.05) is 23.7 Å². The van der Waals surface area contributed by atoms with E-state index in [1.165, 1.54) is 0 Å². The lowest BCUT2D eigenvalue weighted by atomic mass is 10.1. The summed E-state index contributed by atoms with van der Waals surface area (Å²) in [7, 11) is 0. The first-order valence-corrected chi connectivity index (χ1v) is 6.38. The molecular weight excluding hydrogens is 228 g/mol. The van der Waals surface area contributed by atoms with Crippen LogP contribution in [-0.4, -0.2) is 32.4 Å². The molecule has 0 saturated carbocycles. The Morgan fingerprint density at radius 3 is 2.89 bits per heavy atom. The van der Waals surface area contributed by atoms with E-state index in [0.717, 1.165) is 23.4 Å². The molecule has 2 aromatic rings. The molecule has 1 atom stereocenters. The van der Waals surface area contributed by atoms with Crippen LogP contribution in [-0.2, 0) is 0 Å². The number of hydrogen-bond donors (Lipinski definition) is 2. The predicted octanol–water partition coefficient (Wildman–Crippen LogP) is 2.04. The molecule has 0 spiro atoms. The number of nitrogens with one attached hydrogen (secondary N) is 1. The molecule has 18 heavy (non-hydrogen) atoms. The second-order valence-corrected chi connectivity index (χ2v) is 4.77. The molecule has 98 valence electrons. The molecule has 2 aromatic heterocycles. The van der Waals surface area contributed by atoms with Crippen LogP contribution in [0.25, 0.3) is 5.52 Å². The van der Waals surface area contributed by atoms with Crippen molar-refractivity contribution in [2.45, 2.75) is 39.2 Å². The fourth-order valence-corrected chi connectivity index (χ4v) is 1.72. The molecule has 0 aliphatic carbocycles. The smallest absolute Gasteiger partial charge is 0.152 e. The molecule has 5 heteroatoms. The van der Waals surface area contributed by atoms with Crippen molar-refractivity contribution in [1.29, 1.82) is 0 Å². The van der Waals surface area contributed by atoms with E-state index >= 15 is 0 Å². The van der Waals surface area contributed by atoms with Crippen LogP contribution in [0.4, 0.5) is 5.82 Å². The molecule has 0 fully saturated rings. The summed E-state index contributed by atoms with van der Waals surface area (Å²) < 4.78 is 1.82. The maximum absolute atomic E-state index is 9.57. The van der Waals surface area contributed by atoms with E-state index in [9.17, 15) is 5.11 Å². The molecule has 0 aliphatic rings. The van der Waals surface area contributed by atoms with Crippen LogP contribution in [0.2, 0.25) is 0 Å². The van der Waals surface area contributed by atoms with Gasteiger partial charge in [-0.2, -0.15) is 5.10 Å². The predicted molar refractivity (Wildman–Crippen MR) is 71.9 cm³/mol. The van der Waals surface area contributed by atoms with Gasteiger partial charge in [-0.1, -0.05) is 20.8 Å². The van der Waals surface area contributed by atoms with Gasteiger partial charge in [-0.25, -0.2) is 9.50 Å². The molecule has 0 aliphatic heterocycles. The van der Waals surface area contributed by atoms with Gasteiger partial charge in [-0.3, -0.25) is 0 Å². The number of hydrogen-bond acceptors (Lipinski definition) is 4. The van der Waals surface area contributed by atoms with Crippen LogP contribution in [0.1, 0.15) is 38.8 Å². The van der Waals surface area contributed by atoms with Crippen LogP contribution in [0.3, 0.4) is 0 Å². The number of anilines is 1. The highest BCUT2D eigenvalue weighted by Gasteiger charge is 2.10. The van der Waals surface area contributed by atoms with Crippen molar-refractivity contribution >= 4 is 11.3 Å². The number of aromatic nitrogens is 3. The molecule has 0 radical (unpaired) electrons. The highest BCUT2D eigenvalue weighted by atomic mass is 16.3. The Bertz CT molecular complexity index is 521. The Balaban J connectivity index is 2.27. The summed E-state index contributed by atoms with van der Waals surface area (Å²) in [4.78, 5) is 4.30. The van der Waals surface area contributed by atoms with Gasteiger partial charge in [-0.15, -0.1) is 0 Å². The average Bonchev–Trinajstić information content (AvgIpc) is 2.80. The number of fused-ring (bicyclic) bond motifs is 1. The summed E-state index contributed by atoms with van der Waals surface area (Å²) in [6.07, 6.45) is 3.93. The topological polar surface area (TPSA) is 62.5 Å². The molecule has 0 saturated heterocycles. The van der Waals surface area contributed by atoms with Gasteiger partial charge >= 0.3 is 0 Å². The Kier molecular flexibility index (Phi) is 3.81. The summed E-state index contributed by atoms with van der Waals surface area (Å²) in [6.45, 7) is 6.69. The summed E-state index contributed by atoms with van der Waals surface area (Å²) in [5.74, 6) is 1.16. The second-order valence-electron chi connectivity index (χ2n) is 4.77. The Hall–Kier alpha value is -1.62. The molecule has 0 bridgehead atoms. The van der Waals surface area contributed by atoms with Gasteiger partial charge in [-0.05, 0) is 18.4 Å². The molecule has 0 aromatic carbocycles. The van der Waals surface area contributed by atoms with Crippen molar-refractivity contribution in [2.24, 2.45) is 0 Å². The molecule has 2 rings (SSSR count). The zero-order chi connectivity index (χ0) is 13.1. The van der Waals surface area contributed by atoms with Crippen molar-refractivity contribution in [3.05, 3.63) is 24.2 Å². The lowest BCUT2D eigenvalue weighted by Crippen LogP contribution is -2.19. The molecule has 2 heterocycles. The van der Waals surface area contributed by atoms with Gasteiger partial charge in [0.2, 0.25) is 0 Å². The van der Waals surface area contributed by atoms with E-state index in [0.29, 0.717) is 12.5 Å². The molecule has 5 nitrogen and oxygen atoms in total. The lowest BCUT2D eigenvalue weighted by Gasteiger charge is -2.10. The summed E-state index contributed by atoms with van der Waals surface area (Å²) in [5, 5.41) is 17.2. The van der Waals surface area contributed by atoms with E-state index in [-0.39, 0.29) is 6.10 Å². The Morgan fingerprint density at radius 2 is 2.22 bits per heavy atom. The maximum Gasteiger partial charge on any atom is 0.152 e. The number of aliphatic hydroxyl groups excluding tert-OH is 1. The van der Waals surface area contributed by atoms with Crippen LogP contribution in [0.5, 0.6) is 0 Å². The highest BCUT2D eigenvalue weighted by molar-refractivity contribution is 5.67. The molecule has 0 amide bonds. The monoisotopic (exact) mass is 248 g/mol. The summed E-state index contributed by atoms with van der Waals surface area (Å²) in [5.41, 5.74) is 1.99. The number of aliphatic hydroxyl groups is 1. The van der Waals surface area contributed by atoms with Crippen LogP contribution in [0, 0.1) is 0 Å². The standard InChI is InChI=1S/C13H20N4O/c1-4-10(18)8-15-13-12-7-11(9(2)3)16-17(12)6-5-14-13/h5-7,9-10,18H,4,8H2,1-3H3,(H,14,15). The fraction of sp³-hybridized carbons (Fsp3) is 0.538. The third-order valence-electron chi connectivity index (χ3n) is 2.98. The van der Waals surface area contributed by atoms with Gasteiger partial charge in [0.1, 0.15) is 5.52 Å². The average molecular weight is 248 g/mol. The van der Waals surface area contributed by atoms with E-state index < -0.39 is 0 Å². The normalized spacial score (nSPS) is 13.2. The van der Waals surface area contributed by atoms with Crippen molar-refractivity contribution < 1.29 is 5.11 Å². The van der Waals surface area contributed by atoms with E-state index in [4.69, 9.17) is 0 Å². The van der Waals surface area contributed by atoms with Gasteiger partial charge in [0, 0.05) is 18.9 Å². The molecule has 1 unspecified atom stereocenters. The first kappa shape index (κ1) is 12.8. The third kappa shape index (κ3) is 2.61. The quantitative estimate of drug-likeness (QED) is 0.850. The highest BCUT2D eigenvalue weighted by Crippen LogP contribution is 2.19. The van der Waals surface area contributed by atoms with Gasteiger partial charge in [0.25, 0.3) is 0 Å². The second kappa shape index (κ2) is 5.35. The SMILES string of the molecule is CCC(O)CNc1nccn2nc(C(C)C)cc12. The number of nitrogens with zero attached hydrogens (tertiary/aromatic N) is 3. The first-order chi connectivity index (χ1) is 8.61. The zero-order valence-electron chi connectivity index (χ0n) is 11.1. The van der Waals surface area contributed by atoms with E-state index in [2.05, 4.69) is 29.2 Å². The van der Waals surface area contributed by atoms with Crippen LogP contribution < -0.4 is 5.32 Å². The van der Waals surface area contributed by atoms with Gasteiger partial charge in [0.05, 0.1) is 11.8 Å². The zero-order valence-corrected chi connectivity index (χ0v) is 11.1. The van der Waals surface area contributed by atoms with Crippen molar-refractivity contribution in [1.82, 2.24) is 14.6 Å². The maximum atomic E-state index is 9.57. The minimum atomic E-state index is -0.348. The lowest BCUT2D eigenvalue weighted by molar-refractivity contribution is 0.183. The summed E-state index contributed by atoms with van der Waals surface area (Å²) >= 11 is 0.